The summed E-state index contributed by atoms with van der Waals surface area (Å²) in [5, 5.41) is -6.94. The Morgan fingerprint density at radius 3 is 1.42 bits per heavy atom. The fraction of sp³-hybridized carbons (Fsp3) is 0.222. The average Bonchev–Trinajstić information content (AvgIpc) is 2.68. The molecule has 13 heteroatoms. The molecule has 0 amide bonds. The van der Waals surface area contributed by atoms with Gasteiger partial charge >= 0.3 is 33.4 Å². The molecule has 0 atom stereocenters. The molecule has 0 aromatic heterocycles. The molecule has 2 aromatic carbocycles. The Balaban J connectivity index is 2.52. The second-order valence-electron chi connectivity index (χ2n) is 5.98. The molecule has 31 heavy (non-hydrogen) atoms. The maximum atomic E-state index is 13.8. The quantitative estimate of drug-likeness (QED) is 0.285. The van der Waals surface area contributed by atoms with Crippen molar-refractivity contribution in [2.45, 2.75) is 23.3 Å². The SMILES string of the molecule is O=S(=O)(OC=C(c1ccccc1)c1ccccc1)C(F)(F)C(F)(F)C(F)(F)C(F)(F)F. The van der Waals surface area contributed by atoms with Crippen LogP contribution >= 0.6 is 0 Å². The van der Waals surface area contributed by atoms with Gasteiger partial charge < -0.3 is 4.18 Å². The van der Waals surface area contributed by atoms with Crippen molar-refractivity contribution >= 4 is 15.7 Å². The molecule has 0 heterocycles. The summed E-state index contributed by atoms with van der Waals surface area (Å²) in [6, 6.07) is 14.2. The first kappa shape index (κ1) is 24.6. The summed E-state index contributed by atoms with van der Waals surface area (Å²) in [5.41, 5.74) is 0.0191. The van der Waals surface area contributed by atoms with Gasteiger partial charge in [0, 0.05) is 5.57 Å². The first-order valence-electron chi connectivity index (χ1n) is 8.00. The number of halogens is 9. The molecule has 2 aromatic rings. The molecule has 0 spiro atoms. The number of hydrogen-bond donors (Lipinski definition) is 0. The third kappa shape index (κ3) is 4.36. The molecule has 3 nitrogen and oxygen atoms in total. The molecular formula is C18H11F9O3S. The summed E-state index contributed by atoms with van der Waals surface area (Å²) >= 11 is 0. The van der Waals surface area contributed by atoms with Crippen LogP contribution in [0.25, 0.3) is 5.57 Å². The molecule has 0 N–H and O–H groups in total. The maximum Gasteiger partial charge on any atom is 0.460 e. The van der Waals surface area contributed by atoms with E-state index in [2.05, 4.69) is 4.18 Å². The van der Waals surface area contributed by atoms with Gasteiger partial charge in [-0.05, 0) is 11.1 Å². The second kappa shape index (κ2) is 8.09. The molecule has 0 bridgehead atoms. The molecule has 0 unspecified atom stereocenters. The van der Waals surface area contributed by atoms with Crippen molar-refractivity contribution in [2.75, 3.05) is 0 Å². The van der Waals surface area contributed by atoms with E-state index < -0.39 is 33.4 Å². The van der Waals surface area contributed by atoms with Crippen molar-refractivity contribution in [2.24, 2.45) is 0 Å². The molecule has 170 valence electrons. The van der Waals surface area contributed by atoms with Crippen molar-refractivity contribution in [3.8, 4) is 0 Å². The van der Waals surface area contributed by atoms with Crippen molar-refractivity contribution in [3.05, 3.63) is 78.1 Å². The van der Waals surface area contributed by atoms with Gasteiger partial charge in [0.15, 0.2) is 0 Å². The highest BCUT2D eigenvalue weighted by Gasteiger charge is 2.86. The van der Waals surface area contributed by atoms with Crippen molar-refractivity contribution in [1.82, 2.24) is 0 Å². The lowest BCUT2D eigenvalue weighted by Gasteiger charge is -2.32. The van der Waals surface area contributed by atoms with E-state index in [9.17, 15) is 47.9 Å². The minimum atomic E-state index is -7.37. The van der Waals surface area contributed by atoms with Gasteiger partial charge in [0.1, 0.15) is 6.26 Å². The van der Waals surface area contributed by atoms with Gasteiger partial charge in [-0.2, -0.15) is 47.9 Å². The summed E-state index contributed by atoms with van der Waals surface area (Å²) in [6.45, 7) is 0. The van der Waals surface area contributed by atoms with Crippen LogP contribution in [0.1, 0.15) is 11.1 Å². The maximum absolute atomic E-state index is 13.8. The Morgan fingerprint density at radius 1 is 0.677 bits per heavy atom. The van der Waals surface area contributed by atoms with Crippen molar-refractivity contribution in [1.29, 1.82) is 0 Å². The van der Waals surface area contributed by atoms with E-state index in [4.69, 9.17) is 0 Å². The van der Waals surface area contributed by atoms with E-state index in [1.54, 1.807) is 0 Å². The lowest BCUT2D eigenvalue weighted by atomic mass is 9.99. The molecule has 0 saturated heterocycles. The smallest absolute Gasteiger partial charge is 0.385 e. The minimum absolute atomic E-state index is 0.0513. The van der Waals surface area contributed by atoms with E-state index >= 15 is 0 Å². The molecule has 0 aliphatic carbocycles. The zero-order valence-electron chi connectivity index (χ0n) is 14.9. The number of alkyl halides is 9. The largest absolute Gasteiger partial charge is 0.460 e. The number of benzene rings is 2. The van der Waals surface area contributed by atoms with Gasteiger partial charge in [0.2, 0.25) is 0 Å². The van der Waals surface area contributed by atoms with E-state index in [-0.39, 0.29) is 23.0 Å². The van der Waals surface area contributed by atoms with Crippen LogP contribution < -0.4 is 0 Å². The van der Waals surface area contributed by atoms with Crippen LogP contribution in [0.15, 0.2) is 66.9 Å². The molecule has 2 rings (SSSR count). The van der Waals surface area contributed by atoms with Crippen LogP contribution in [0.5, 0.6) is 0 Å². The van der Waals surface area contributed by atoms with Gasteiger partial charge in [-0.1, -0.05) is 60.7 Å². The molecule has 0 radical (unpaired) electrons. The Kier molecular flexibility index (Phi) is 6.41. The topological polar surface area (TPSA) is 43.4 Å². The van der Waals surface area contributed by atoms with Gasteiger partial charge in [-0.25, -0.2) is 0 Å². The van der Waals surface area contributed by atoms with Crippen LogP contribution in [0, 0.1) is 0 Å². The highest BCUT2D eigenvalue weighted by molar-refractivity contribution is 7.88. The van der Waals surface area contributed by atoms with Crippen molar-refractivity contribution in [3.63, 3.8) is 0 Å². The second-order valence-corrected chi connectivity index (χ2v) is 7.59. The standard InChI is InChI=1S/C18H11F9O3S/c19-15(20,17(23,24)25)16(21,22)18(26,27)31(28,29)30-11-14(12-7-3-1-4-8-12)13-9-5-2-6-10-13/h1-11H. The monoisotopic (exact) mass is 478 g/mol. The van der Waals surface area contributed by atoms with Crippen LogP contribution in [-0.2, 0) is 14.3 Å². The van der Waals surface area contributed by atoms with E-state index in [0.29, 0.717) is 0 Å². The summed E-state index contributed by atoms with van der Waals surface area (Å²) < 4.78 is 144. The van der Waals surface area contributed by atoms with Crippen LogP contribution in [-0.4, -0.2) is 31.7 Å². The van der Waals surface area contributed by atoms with Crippen LogP contribution in [0.4, 0.5) is 39.5 Å². The predicted molar refractivity (Wildman–Crippen MR) is 90.9 cm³/mol. The fourth-order valence-corrected chi connectivity index (χ4v) is 3.01. The third-order valence-electron chi connectivity index (χ3n) is 3.89. The highest BCUT2D eigenvalue weighted by atomic mass is 32.2. The summed E-state index contributed by atoms with van der Waals surface area (Å²) in [7, 11) is -7.01. The van der Waals surface area contributed by atoms with Gasteiger partial charge in [0.25, 0.3) is 0 Å². The summed E-state index contributed by atoms with van der Waals surface area (Å²) in [6.07, 6.45) is -7.11. The van der Waals surface area contributed by atoms with Crippen LogP contribution in [0.2, 0.25) is 0 Å². The molecule has 0 saturated carbocycles. The third-order valence-corrected chi connectivity index (χ3v) is 5.13. The molecule has 0 aliphatic rings. The molecular weight excluding hydrogens is 467 g/mol. The molecule has 0 aliphatic heterocycles. The normalized spacial score (nSPS) is 13.6. The Labute approximate surface area is 169 Å². The average molecular weight is 478 g/mol. The lowest BCUT2D eigenvalue weighted by Crippen LogP contribution is -2.63. The Bertz CT molecular complexity index is 990. The van der Waals surface area contributed by atoms with Gasteiger partial charge in [-0.3, -0.25) is 0 Å². The minimum Gasteiger partial charge on any atom is -0.385 e. The Morgan fingerprint density at radius 2 is 1.06 bits per heavy atom. The Hall–Kier alpha value is -2.70. The van der Waals surface area contributed by atoms with Gasteiger partial charge in [0.05, 0.1) is 0 Å². The first-order chi connectivity index (χ1) is 14.1. The van der Waals surface area contributed by atoms with Crippen LogP contribution in [0.3, 0.4) is 0 Å². The van der Waals surface area contributed by atoms with Gasteiger partial charge in [-0.15, -0.1) is 0 Å². The predicted octanol–water partition coefficient (Wildman–Crippen LogP) is 5.85. The van der Waals surface area contributed by atoms with Crippen molar-refractivity contribution < 1.29 is 52.1 Å². The molecule has 0 fully saturated rings. The first-order valence-corrected chi connectivity index (χ1v) is 9.41. The zero-order valence-corrected chi connectivity index (χ0v) is 15.7. The fourth-order valence-electron chi connectivity index (χ4n) is 2.23. The lowest BCUT2D eigenvalue weighted by molar-refractivity contribution is -0.382. The summed E-state index contributed by atoms with van der Waals surface area (Å²) in [4.78, 5) is 0. The highest BCUT2D eigenvalue weighted by Crippen LogP contribution is 2.55. The number of rotatable bonds is 7. The van der Waals surface area contributed by atoms with E-state index in [1.807, 2.05) is 0 Å². The summed E-state index contributed by atoms with van der Waals surface area (Å²) in [5.74, 6) is -14.7. The van der Waals surface area contributed by atoms with E-state index in [0.717, 1.165) is 0 Å². The zero-order chi connectivity index (χ0) is 23.7. The number of hydrogen-bond acceptors (Lipinski definition) is 3. The van der Waals surface area contributed by atoms with E-state index in [1.165, 1.54) is 60.7 Å².